The number of thiophene rings is 1. The van der Waals surface area contributed by atoms with E-state index < -0.39 is 0 Å². The topological polar surface area (TPSA) is 67.9 Å². The van der Waals surface area contributed by atoms with Gasteiger partial charge >= 0.3 is 0 Å². The molecule has 2 amide bonds. The zero-order valence-electron chi connectivity index (χ0n) is 16.6. The van der Waals surface area contributed by atoms with Gasteiger partial charge in [-0.25, -0.2) is 0 Å². The van der Waals surface area contributed by atoms with Crippen LogP contribution in [0.15, 0.2) is 30.3 Å². The summed E-state index contributed by atoms with van der Waals surface area (Å²) >= 11 is 1.59. The number of para-hydroxylation sites is 1. The first kappa shape index (κ1) is 19.9. The predicted octanol–water partition coefficient (Wildman–Crippen LogP) is 2.65. The second-order valence-electron chi connectivity index (χ2n) is 7.43. The van der Waals surface area contributed by atoms with Crippen LogP contribution in [0.2, 0.25) is 0 Å². The molecule has 29 heavy (non-hydrogen) atoms. The molecule has 2 aromatic rings. The van der Waals surface area contributed by atoms with Crippen molar-refractivity contribution in [1.29, 1.82) is 0 Å². The molecule has 1 aliphatic carbocycles. The van der Waals surface area contributed by atoms with Crippen molar-refractivity contribution in [2.24, 2.45) is 5.92 Å². The summed E-state index contributed by atoms with van der Waals surface area (Å²) in [6.07, 6.45) is 2.36. The summed E-state index contributed by atoms with van der Waals surface area (Å²) in [6.45, 7) is 2.96. The summed E-state index contributed by atoms with van der Waals surface area (Å²) in [5, 5.41) is 3.05. The first-order valence-electron chi connectivity index (χ1n) is 10.0. The number of hydrogen-bond donors (Lipinski definition) is 1. The summed E-state index contributed by atoms with van der Waals surface area (Å²) in [5.74, 6) is 0.875. The average molecular weight is 415 g/mol. The maximum atomic E-state index is 12.7. The Kier molecular flexibility index (Phi) is 6.16. The van der Waals surface area contributed by atoms with Gasteiger partial charge in [0.25, 0.3) is 5.91 Å². The molecule has 0 saturated carbocycles. The van der Waals surface area contributed by atoms with E-state index in [9.17, 15) is 9.59 Å². The molecule has 1 aromatic carbocycles. The third kappa shape index (κ3) is 4.46. The number of amides is 2. The quantitative estimate of drug-likeness (QED) is 0.817. The van der Waals surface area contributed by atoms with Gasteiger partial charge in [0, 0.05) is 36.0 Å². The molecule has 6 nitrogen and oxygen atoms in total. The van der Waals surface area contributed by atoms with Gasteiger partial charge < -0.3 is 19.7 Å². The normalized spacial score (nSPS) is 18.8. The third-order valence-electron chi connectivity index (χ3n) is 5.61. The molecular weight excluding hydrogens is 388 g/mol. The van der Waals surface area contributed by atoms with E-state index in [0.29, 0.717) is 39.3 Å². The molecule has 154 valence electrons. The van der Waals surface area contributed by atoms with Gasteiger partial charge in [-0.05, 0) is 37.0 Å². The van der Waals surface area contributed by atoms with Crippen LogP contribution < -0.4 is 10.1 Å². The van der Waals surface area contributed by atoms with Crippen molar-refractivity contribution in [3.05, 3.63) is 51.2 Å². The number of rotatable bonds is 5. The lowest BCUT2D eigenvalue weighted by atomic mass is 9.87. The highest BCUT2D eigenvalue weighted by molar-refractivity contribution is 7.14. The van der Waals surface area contributed by atoms with E-state index in [-0.39, 0.29) is 17.7 Å². The molecule has 1 saturated heterocycles. The molecule has 1 N–H and O–H groups in total. The summed E-state index contributed by atoms with van der Waals surface area (Å²) in [6, 6.07) is 9.71. The Morgan fingerprint density at radius 3 is 2.86 bits per heavy atom. The smallest absolute Gasteiger partial charge is 0.264 e. The van der Waals surface area contributed by atoms with Crippen LogP contribution in [0.4, 0.5) is 0 Å². The number of fused-ring (bicyclic) bond motifs is 1. The highest BCUT2D eigenvalue weighted by Crippen LogP contribution is 2.33. The highest BCUT2D eigenvalue weighted by Gasteiger charge is 2.29. The SMILES string of the molecule is COc1ccccc1CNC(=O)C1CCc2sc(C(=O)N3CCOCC3)cc2C1. The number of morpholine rings is 1. The Morgan fingerprint density at radius 2 is 2.07 bits per heavy atom. The van der Waals surface area contributed by atoms with Crippen LogP contribution in [0.5, 0.6) is 5.75 Å². The van der Waals surface area contributed by atoms with E-state index >= 15 is 0 Å². The maximum absolute atomic E-state index is 12.7. The summed E-state index contributed by atoms with van der Waals surface area (Å²) in [5.41, 5.74) is 2.11. The minimum absolute atomic E-state index is 0.0573. The number of benzene rings is 1. The monoisotopic (exact) mass is 414 g/mol. The summed E-state index contributed by atoms with van der Waals surface area (Å²) in [7, 11) is 1.63. The van der Waals surface area contributed by atoms with Gasteiger partial charge in [-0.3, -0.25) is 9.59 Å². The second-order valence-corrected chi connectivity index (χ2v) is 8.57. The lowest BCUT2D eigenvalue weighted by Crippen LogP contribution is -2.40. The lowest BCUT2D eigenvalue weighted by Gasteiger charge is -2.26. The summed E-state index contributed by atoms with van der Waals surface area (Å²) in [4.78, 5) is 29.4. The molecule has 1 unspecified atom stereocenters. The standard InChI is InChI=1S/C22H26N2O4S/c1-27-18-5-3-2-4-16(18)14-23-21(25)15-6-7-19-17(12-15)13-20(29-19)22(26)24-8-10-28-11-9-24/h2-5,13,15H,6-12,14H2,1H3,(H,23,25). The summed E-state index contributed by atoms with van der Waals surface area (Å²) < 4.78 is 10.7. The molecule has 1 fully saturated rings. The van der Waals surface area contributed by atoms with Crippen molar-refractivity contribution in [3.8, 4) is 5.75 Å². The number of ether oxygens (including phenoxy) is 2. The minimum Gasteiger partial charge on any atom is -0.496 e. The fourth-order valence-corrected chi connectivity index (χ4v) is 5.13. The van der Waals surface area contributed by atoms with Crippen molar-refractivity contribution < 1.29 is 19.1 Å². The molecule has 1 aromatic heterocycles. The van der Waals surface area contributed by atoms with Gasteiger partial charge in [-0.15, -0.1) is 11.3 Å². The van der Waals surface area contributed by atoms with Crippen molar-refractivity contribution in [1.82, 2.24) is 10.2 Å². The third-order valence-corrected chi connectivity index (χ3v) is 6.83. The van der Waals surface area contributed by atoms with E-state index in [1.807, 2.05) is 35.2 Å². The zero-order chi connectivity index (χ0) is 20.2. The maximum Gasteiger partial charge on any atom is 0.264 e. The van der Waals surface area contributed by atoms with Crippen molar-refractivity contribution in [2.75, 3.05) is 33.4 Å². The largest absolute Gasteiger partial charge is 0.496 e. The molecule has 0 spiro atoms. The Morgan fingerprint density at radius 1 is 1.28 bits per heavy atom. The van der Waals surface area contributed by atoms with Crippen LogP contribution in [-0.4, -0.2) is 50.1 Å². The van der Waals surface area contributed by atoms with E-state index in [0.717, 1.165) is 34.6 Å². The van der Waals surface area contributed by atoms with Gasteiger partial charge in [0.1, 0.15) is 5.75 Å². The molecule has 0 bridgehead atoms. The van der Waals surface area contributed by atoms with E-state index in [1.54, 1.807) is 18.4 Å². The molecule has 4 rings (SSSR count). The Bertz CT molecular complexity index is 889. The van der Waals surface area contributed by atoms with Crippen molar-refractivity contribution in [2.45, 2.75) is 25.8 Å². The number of carbonyl (C=O) groups is 2. The van der Waals surface area contributed by atoms with Crippen molar-refractivity contribution in [3.63, 3.8) is 0 Å². The fourth-order valence-electron chi connectivity index (χ4n) is 3.95. The lowest BCUT2D eigenvalue weighted by molar-refractivity contribution is -0.125. The number of nitrogens with one attached hydrogen (secondary N) is 1. The molecule has 2 aliphatic rings. The molecule has 1 aliphatic heterocycles. The van der Waals surface area contributed by atoms with Crippen LogP contribution in [0.3, 0.4) is 0 Å². The molecule has 1 atom stereocenters. The average Bonchev–Trinajstić information content (AvgIpc) is 3.21. The Balaban J connectivity index is 1.37. The number of aryl methyl sites for hydroxylation is 1. The number of nitrogens with zero attached hydrogens (tertiary/aromatic N) is 1. The van der Waals surface area contributed by atoms with E-state index in [2.05, 4.69) is 5.32 Å². The first-order valence-corrected chi connectivity index (χ1v) is 10.9. The van der Waals surface area contributed by atoms with Crippen LogP contribution in [0, 0.1) is 5.92 Å². The number of carbonyl (C=O) groups excluding carboxylic acids is 2. The van der Waals surface area contributed by atoms with Crippen molar-refractivity contribution >= 4 is 23.2 Å². The van der Waals surface area contributed by atoms with Crippen LogP contribution >= 0.6 is 11.3 Å². The van der Waals surface area contributed by atoms with Crippen LogP contribution in [0.25, 0.3) is 0 Å². The zero-order valence-corrected chi connectivity index (χ0v) is 17.4. The number of hydrogen-bond acceptors (Lipinski definition) is 5. The molecule has 7 heteroatoms. The number of methoxy groups -OCH3 is 1. The highest BCUT2D eigenvalue weighted by atomic mass is 32.1. The van der Waals surface area contributed by atoms with E-state index in [4.69, 9.17) is 9.47 Å². The predicted molar refractivity (Wildman–Crippen MR) is 111 cm³/mol. The Labute approximate surface area is 174 Å². The Hall–Kier alpha value is -2.38. The van der Waals surface area contributed by atoms with E-state index in [1.165, 1.54) is 4.88 Å². The fraction of sp³-hybridized carbons (Fsp3) is 0.455. The van der Waals surface area contributed by atoms with Gasteiger partial charge in [0.05, 0.1) is 25.2 Å². The minimum atomic E-state index is -0.0573. The van der Waals surface area contributed by atoms with Gasteiger partial charge in [0.2, 0.25) is 5.91 Å². The molecule has 2 heterocycles. The van der Waals surface area contributed by atoms with Crippen LogP contribution in [0.1, 0.15) is 32.1 Å². The van der Waals surface area contributed by atoms with Gasteiger partial charge in [-0.2, -0.15) is 0 Å². The molecular formula is C22H26N2O4S. The van der Waals surface area contributed by atoms with Crippen LogP contribution in [-0.2, 0) is 28.9 Å². The second kappa shape index (κ2) is 8.97. The van der Waals surface area contributed by atoms with Gasteiger partial charge in [0.15, 0.2) is 0 Å². The van der Waals surface area contributed by atoms with Gasteiger partial charge in [-0.1, -0.05) is 18.2 Å². The first-order chi connectivity index (χ1) is 14.2. The molecule has 0 radical (unpaired) electrons.